The number of hydrogen-bond acceptors (Lipinski definition) is 7. The average molecular weight is 633 g/mol. The lowest BCUT2D eigenvalue weighted by molar-refractivity contribution is -0.142. The van der Waals surface area contributed by atoms with E-state index in [2.05, 4.69) is 18.5 Å². The summed E-state index contributed by atoms with van der Waals surface area (Å²) in [4.78, 5) is 39.6. The molecule has 0 heterocycles. The van der Waals surface area contributed by atoms with Gasteiger partial charge in [-0.15, -0.1) is 0 Å². The van der Waals surface area contributed by atoms with Crippen LogP contribution in [-0.4, -0.2) is 49.7 Å². The van der Waals surface area contributed by atoms with Crippen molar-refractivity contribution in [1.29, 1.82) is 0 Å². The van der Waals surface area contributed by atoms with E-state index >= 15 is 0 Å². The Kier molecular flexibility index (Phi) is 13.3. The molecular weight excluding hydrogens is 596 g/mol. The van der Waals surface area contributed by atoms with Crippen LogP contribution < -0.4 is 14.8 Å². The molecule has 0 radical (unpaired) electrons. The summed E-state index contributed by atoms with van der Waals surface area (Å²) < 4.78 is 22.4. The number of anilines is 1. The molecule has 0 aromatic heterocycles. The van der Waals surface area contributed by atoms with Crippen LogP contribution in [0.4, 0.5) is 10.5 Å². The molecule has 0 spiro atoms. The van der Waals surface area contributed by atoms with Crippen LogP contribution >= 0.6 is 11.6 Å². The number of amides is 2. The number of carbonyl (C=O) groups is 3. The third-order valence-electron chi connectivity index (χ3n) is 6.48. The number of ether oxygens (including phenoxy) is 4. The number of esters is 1. The van der Waals surface area contributed by atoms with Crippen molar-refractivity contribution < 1.29 is 33.3 Å². The van der Waals surface area contributed by atoms with Gasteiger partial charge in [0.05, 0.1) is 26.7 Å². The molecule has 10 heteroatoms. The van der Waals surface area contributed by atoms with E-state index in [1.807, 2.05) is 6.92 Å². The van der Waals surface area contributed by atoms with Gasteiger partial charge in [0.15, 0.2) is 11.5 Å². The van der Waals surface area contributed by atoms with Crippen LogP contribution in [0.25, 0.3) is 0 Å². The Morgan fingerprint density at radius 2 is 1.67 bits per heavy atom. The van der Waals surface area contributed by atoms with Crippen molar-refractivity contribution in [2.45, 2.75) is 26.8 Å². The third-order valence-corrected chi connectivity index (χ3v) is 6.74. The van der Waals surface area contributed by atoms with Crippen LogP contribution in [0.5, 0.6) is 17.2 Å². The minimum Gasteiger partial charge on any atom is -0.493 e. The van der Waals surface area contributed by atoms with E-state index in [1.54, 1.807) is 85.8 Å². The van der Waals surface area contributed by atoms with Crippen LogP contribution in [0.15, 0.2) is 97.6 Å². The molecule has 3 rings (SSSR count). The largest absolute Gasteiger partial charge is 0.493 e. The highest BCUT2D eigenvalue weighted by molar-refractivity contribution is 6.30. The van der Waals surface area contributed by atoms with Crippen molar-refractivity contribution in [3.63, 3.8) is 0 Å². The number of allylic oxidation sites excluding steroid dienone is 2. The fourth-order valence-electron chi connectivity index (χ4n) is 4.17. The molecule has 0 bridgehead atoms. The summed E-state index contributed by atoms with van der Waals surface area (Å²) in [5, 5.41) is 3.40. The highest BCUT2D eigenvalue weighted by Gasteiger charge is 2.19. The summed E-state index contributed by atoms with van der Waals surface area (Å²) in [6.07, 6.45) is 4.39. The van der Waals surface area contributed by atoms with Gasteiger partial charge in [0.1, 0.15) is 12.4 Å². The lowest BCUT2D eigenvalue weighted by Crippen LogP contribution is -2.31. The average Bonchev–Trinajstić information content (AvgIpc) is 3.03. The van der Waals surface area contributed by atoms with Gasteiger partial charge in [-0.2, -0.15) is 0 Å². The highest BCUT2D eigenvalue weighted by atomic mass is 35.5. The molecule has 3 aromatic carbocycles. The Morgan fingerprint density at radius 1 is 0.933 bits per heavy atom. The molecule has 45 heavy (non-hydrogen) atoms. The van der Waals surface area contributed by atoms with Gasteiger partial charge in [-0.25, -0.2) is 4.79 Å². The molecule has 0 aliphatic heterocycles. The molecule has 3 aromatic rings. The number of methoxy groups -OCH3 is 1. The predicted octanol–water partition coefficient (Wildman–Crippen LogP) is 7.76. The fourth-order valence-corrected chi connectivity index (χ4v) is 4.29. The van der Waals surface area contributed by atoms with Crippen molar-refractivity contribution in [3.05, 3.63) is 119 Å². The van der Waals surface area contributed by atoms with Crippen molar-refractivity contribution in [1.82, 2.24) is 4.90 Å². The number of benzene rings is 3. The number of rotatable bonds is 15. The summed E-state index contributed by atoms with van der Waals surface area (Å²) in [5.74, 6) is 0.489. The van der Waals surface area contributed by atoms with Gasteiger partial charge in [0.25, 0.3) is 5.91 Å². The molecule has 0 aliphatic rings. The summed E-state index contributed by atoms with van der Waals surface area (Å²) >= 11 is 5.97. The van der Waals surface area contributed by atoms with Crippen LogP contribution in [0, 0.1) is 0 Å². The Hall–Kier alpha value is -5.02. The second-order valence-electron chi connectivity index (χ2n) is 9.60. The first kappa shape index (κ1) is 34.5. The topological polar surface area (TPSA) is 103 Å². The van der Waals surface area contributed by atoms with E-state index in [4.69, 9.17) is 30.5 Å². The Bertz CT molecular complexity index is 1550. The maximum atomic E-state index is 13.1. The number of carbonyl (C=O) groups excluding carboxylic acids is 3. The molecule has 9 nitrogen and oxygen atoms in total. The second kappa shape index (κ2) is 17.3. The van der Waals surface area contributed by atoms with Gasteiger partial charge in [-0.3, -0.25) is 9.59 Å². The monoisotopic (exact) mass is 632 g/mol. The smallest absolute Gasteiger partial charge is 0.410 e. The molecule has 236 valence electrons. The predicted molar refractivity (Wildman–Crippen MR) is 175 cm³/mol. The minimum absolute atomic E-state index is 0.0237. The van der Waals surface area contributed by atoms with Crippen LogP contribution in [-0.2, 0) is 27.2 Å². The molecule has 0 atom stereocenters. The Labute approximate surface area is 268 Å². The maximum absolute atomic E-state index is 13.1. The normalized spacial score (nSPS) is 10.8. The SMILES string of the molecule is C=C/C=C(\C=C)COC(=O)N(CC)Cc1cc(NC(=O)c2ccc(Cl)cc2)ccc1Oc1cc(CC(=O)OCC)ccc1OC. The zero-order valence-electron chi connectivity index (χ0n) is 25.6. The maximum Gasteiger partial charge on any atom is 0.410 e. The van der Waals surface area contributed by atoms with Crippen molar-refractivity contribution in [2.24, 2.45) is 0 Å². The summed E-state index contributed by atoms with van der Waals surface area (Å²) in [6.45, 7) is 11.7. The van der Waals surface area contributed by atoms with E-state index in [0.29, 0.717) is 56.8 Å². The summed E-state index contributed by atoms with van der Waals surface area (Å²) in [5.41, 5.74) is 2.84. The highest BCUT2D eigenvalue weighted by Crippen LogP contribution is 2.36. The van der Waals surface area contributed by atoms with E-state index in [0.717, 1.165) is 0 Å². The Balaban J connectivity index is 1.95. The lowest BCUT2D eigenvalue weighted by atomic mass is 10.1. The van der Waals surface area contributed by atoms with Crippen LogP contribution in [0.2, 0.25) is 5.02 Å². The number of halogens is 1. The molecule has 2 amide bonds. The zero-order valence-corrected chi connectivity index (χ0v) is 26.4. The van der Waals surface area contributed by atoms with E-state index in [1.165, 1.54) is 12.0 Å². The third kappa shape index (κ3) is 10.3. The van der Waals surface area contributed by atoms with Crippen molar-refractivity contribution in [3.8, 4) is 17.2 Å². The van der Waals surface area contributed by atoms with Gasteiger partial charge < -0.3 is 29.2 Å². The fraction of sp³-hybridized carbons (Fsp3) is 0.229. The van der Waals surface area contributed by atoms with Crippen LogP contribution in [0.3, 0.4) is 0 Å². The van der Waals surface area contributed by atoms with E-state index < -0.39 is 6.09 Å². The molecule has 0 saturated carbocycles. The van der Waals surface area contributed by atoms with Gasteiger partial charge in [0.2, 0.25) is 0 Å². The number of nitrogens with one attached hydrogen (secondary N) is 1. The first-order valence-corrected chi connectivity index (χ1v) is 14.6. The van der Waals surface area contributed by atoms with E-state index in [9.17, 15) is 14.4 Å². The summed E-state index contributed by atoms with van der Waals surface area (Å²) in [6, 6.07) is 16.8. The van der Waals surface area contributed by atoms with Crippen molar-refractivity contribution >= 4 is 35.3 Å². The first-order chi connectivity index (χ1) is 21.7. The zero-order chi connectivity index (χ0) is 32.8. The van der Waals surface area contributed by atoms with E-state index in [-0.39, 0.29) is 38.1 Å². The molecule has 1 N–H and O–H groups in total. The van der Waals surface area contributed by atoms with Crippen molar-refractivity contribution in [2.75, 3.05) is 32.2 Å². The summed E-state index contributed by atoms with van der Waals surface area (Å²) in [7, 11) is 1.51. The van der Waals surface area contributed by atoms with Gasteiger partial charge >= 0.3 is 12.1 Å². The molecular formula is C35H37ClN2O7. The quantitative estimate of drug-likeness (QED) is 0.135. The molecule has 0 saturated heterocycles. The first-order valence-electron chi connectivity index (χ1n) is 14.3. The second-order valence-corrected chi connectivity index (χ2v) is 10.0. The van der Waals surface area contributed by atoms with Gasteiger partial charge in [-0.1, -0.05) is 49.1 Å². The molecule has 0 fully saturated rings. The minimum atomic E-state index is -0.551. The van der Waals surface area contributed by atoms with Gasteiger partial charge in [-0.05, 0) is 79.6 Å². The van der Waals surface area contributed by atoms with Crippen LogP contribution in [0.1, 0.15) is 35.3 Å². The number of hydrogen-bond donors (Lipinski definition) is 1. The standard InChI is InChI=1S/C35H37ClN2O7/c1-6-10-24(7-2)23-44-35(41)38(8-3)22-27-21-29(37-34(40)26-12-14-28(36)15-13-26)16-18-30(27)45-32-19-25(11-17-31(32)42-5)20-33(39)43-9-4/h6-7,10-19,21H,1-2,8-9,20,22-23H2,3-5H3,(H,37,40)/b24-10+. The Morgan fingerprint density at radius 3 is 2.31 bits per heavy atom. The lowest BCUT2D eigenvalue weighted by Gasteiger charge is -2.23. The molecule has 0 aliphatic carbocycles. The van der Waals surface area contributed by atoms with Gasteiger partial charge in [0, 0.05) is 28.4 Å². The molecule has 0 unspecified atom stereocenters. The number of nitrogens with zero attached hydrogens (tertiary/aromatic N) is 1.